The number of rotatable bonds is 39. The number of aliphatic hydroxyl groups is 1. The van der Waals surface area contributed by atoms with Gasteiger partial charge in [0.05, 0.1) is 19.3 Å². The van der Waals surface area contributed by atoms with Crippen LogP contribution in [0.2, 0.25) is 0 Å². The molecule has 1 aromatic heterocycles. The number of hydrogen-bond acceptors (Lipinski definition) is 10. The van der Waals surface area contributed by atoms with Crippen LogP contribution in [0.15, 0.2) is 65.2 Å². The number of phosphoric acid groups is 1. The molecule has 12 heteroatoms. The Bertz CT molecular complexity index is 1480. The molecule has 1 aromatic rings. The van der Waals surface area contributed by atoms with Crippen molar-refractivity contribution in [3.8, 4) is 0 Å². The molecule has 2 unspecified atom stereocenters. The number of esters is 2. The average molecular weight is 876 g/mol. The van der Waals surface area contributed by atoms with Crippen LogP contribution in [-0.4, -0.2) is 60.5 Å². The fourth-order valence-electron chi connectivity index (χ4n) is 6.49. The number of hydrogen-bond donors (Lipinski definition) is 3. The molecule has 0 radical (unpaired) electrons. The van der Waals surface area contributed by atoms with Crippen molar-refractivity contribution < 1.29 is 47.1 Å². The number of ether oxygens (including phenoxy) is 2. The van der Waals surface area contributed by atoms with Crippen LogP contribution < -0.4 is 5.73 Å². The van der Waals surface area contributed by atoms with Crippen molar-refractivity contribution in [2.75, 3.05) is 26.4 Å². The maximum atomic E-state index is 12.6. The molecule has 1 heterocycles. The van der Waals surface area contributed by atoms with Gasteiger partial charge in [0, 0.05) is 32.2 Å². The monoisotopic (exact) mass is 876 g/mol. The molecular formula is C49H82NO10P. The summed E-state index contributed by atoms with van der Waals surface area (Å²) in [6.07, 6.45) is 39.6. The smallest absolute Gasteiger partial charge is 0.466 e. The number of carbonyl (C=O) groups is 2. The zero-order chi connectivity index (χ0) is 44.8. The second kappa shape index (κ2) is 37.5. The topological polar surface area (TPSA) is 168 Å². The van der Waals surface area contributed by atoms with Gasteiger partial charge in [0.15, 0.2) is 6.10 Å². The highest BCUT2D eigenvalue weighted by Gasteiger charge is 2.26. The number of nitrogens with two attached hydrogens (primary N) is 1. The molecule has 0 aliphatic rings. The normalized spacial score (nSPS) is 14.3. The molecule has 0 aliphatic carbocycles. The van der Waals surface area contributed by atoms with Gasteiger partial charge in [-0.15, -0.1) is 0 Å². The minimum atomic E-state index is -4.45. The lowest BCUT2D eigenvalue weighted by molar-refractivity contribution is -0.161. The van der Waals surface area contributed by atoms with Crippen molar-refractivity contribution >= 4 is 19.8 Å². The van der Waals surface area contributed by atoms with E-state index < -0.39 is 38.6 Å². The van der Waals surface area contributed by atoms with Crippen molar-refractivity contribution in [3.63, 3.8) is 0 Å². The Hall–Kier alpha value is -3.05. The van der Waals surface area contributed by atoms with E-state index in [0.29, 0.717) is 19.3 Å². The van der Waals surface area contributed by atoms with Crippen molar-refractivity contribution in [1.82, 2.24) is 0 Å². The van der Waals surface area contributed by atoms with Crippen LogP contribution in [0.5, 0.6) is 0 Å². The number of phosphoric ester groups is 1. The molecule has 0 bridgehead atoms. The van der Waals surface area contributed by atoms with Gasteiger partial charge in [0.25, 0.3) is 0 Å². The Labute approximate surface area is 368 Å². The zero-order valence-electron chi connectivity index (χ0n) is 38.2. The predicted molar refractivity (Wildman–Crippen MR) is 247 cm³/mol. The Morgan fingerprint density at radius 2 is 1.23 bits per heavy atom. The fraction of sp³-hybridized carbons (Fsp3) is 0.673. The first-order valence-electron chi connectivity index (χ1n) is 23.2. The van der Waals surface area contributed by atoms with Gasteiger partial charge in [-0.3, -0.25) is 18.6 Å². The van der Waals surface area contributed by atoms with Crippen LogP contribution >= 0.6 is 7.82 Å². The van der Waals surface area contributed by atoms with Crippen LogP contribution in [0.4, 0.5) is 0 Å². The van der Waals surface area contributed by atoms with E-state index >= 15 is 0 Å². The molecule has 0 aliphatic heterocycles. The molecule has 0 spiro atoms. The molecule has 0 saturated heterocycles. The van der Waals surface area contributed by atoms with Crippen LogP contribution in [0.25, 0.3) is 0 Å². The van der Waals surface area contributed by atoms with E-state index in [9.17, 15) is 24.2 Å². The first-order chi connectivity index (χ1) is 29.5. The van der Waals surface area contributed by atoms with Gasteiger partial charge in [-0.1, -0.05) is 139 Å². The standard InChI is InChI=1S/C49H82NO10P/c1-5-7-9-10-11-12-13-14-15-18-21-24-28-32-44(51)33-31-37-49(53)59-45(41-58-61(54,55)57-39-38-50)40-56-48(52)36-30-26-23-20-17-16-19-22-25-29-35-47-43(4)42(3)46(60-47)34-27-8-6-2/h7,9,11-12,14-15,21,24,28,32,44-45,51H,5-6,8,10,13,16-20,22-23,25-27,29-31,33-41,50H2,1-4H3,(H,54,55)/b9-7-,12-11-,15-14-,24-21-,32-28+/t44?,45-/m1/s1. The highest BCUT2D eigenvalue weighted by Crippen LogP contribution is 2.43. The third-order valence-corrected chi connectivity index (χ3v) is 11.2. The van der Waals surface area contributed by atoms with Gasteiger partial charge in [-0.25, -0.2) is 4.57 Å². The van der Waals surface area contributed by atoms with Gasteiger partial charge in [0.2, 0.25) is 0 Å². The predicted octanol–water partition coefficient (Wildman–Crippen LogP) is 11.9. The van der Waals surface area contributed by atoms with Gasteiger partial charge < -0.3 is 29.6 Å². The summed E-state index contributed by atoms with van der Waals surface area (Å²) in [4.78, 5) is 35.0. The first kappa shape index (κ1) is 56.0. The summed E-state index contributed by atoms with van der Waals surface area (Å²) in [5.41, 5.74) is 8.02. The minimum absolute atomic E-state index is 0.00890. The van der Waals surface area contributed by atoms with Gasteiger partial charge >= 0.3 is 19.8 Å². The number of furan rings is 1. The SMILES string of the molecule is CC/C=C\C/C=C\C/C=C\C/C=C\C=C\C(O)CCCC(=O)O[C@H](COC(=O)CCCCCCCCCCCCc1oc(CCCCC)c(C)c1C)COP(=O)(O)OCCN. The average Bonchev–Trinajstić information content (AvgIpc) is 3.50. The molecule has 61 heavy (non-hydrogen) atoms. The van der Waals surface area contributed by atoms with Crippen LogP contribution in [0.1, 0.15) is 171 Å². The summed E-state index contributed by atoms with van der Waals surface area (Å²) in [7, 11) is -4.45. The third kappa shape index (κ3) is 31.4. The van der Waals surface area contributed by atoms with Crippen molar-refractivity contribution in [3.05, 3.63) is 83.4 Å². The molecule has 3 atom stereocenters. The second-order valence-corrected chi connectivity index (χ2v) is 17.1. The maximum Gasteiger partial charge on any atom is 0.472 e. The molecule has 4 N–H and O–H groups in total. The van der Waals surface area contributed by atoms with E-state index in [2.05, 4.69) is 64.2 Å². The Morgan fingerprint density at radius 3 is 1.82 bits per heavy atom. The lowest BCUT2D eigenvalue weighted by Gasteiger charge is -2.20. The first-order valence-corrected chi connectivity index (χ1v) is 24.7. The Morgan fingerprint density at radius 1 is 0.689 bits per heavy atom. The number of carbonyl (C=O) groups excluding carboxylic acids is 2. The van der Waals surface area contributed by atoms with Gasteiger partial charge in [-0.05, 0) is 82.8 Å². The number of unbranched alkanes of at least 4 members (excludes halogenated alkanes) is 11. The fourth-order valence-corrected chi connectivity index (χ4v) is 7.25. The summed E-state index contributed by atoms with van der Waals surface area (Å²) in [5, 5.41) is 10.3. The van der Waals surface area contributed by atoms with Gasteiger partial charge in [0.1, 0.15) is 18.1 Å². The second-order valence-electron chi connectivity index (χ2n) is 15.7. The zero-order valence-corrected chi connectivity index (χ0v) is 39.1. The van der Waals surface area contributed by atoms with E-state index in [-0.39, 0.29) is 32.6 Å². The maximum absolute atomic E-state index is 12.6. The summed E-state index contributed by atoms with van der Waals surface area (Å²) >= 11 is 0. The Balaban J connectivity index is 2.30. The number of aryl methyl sites for hydroxylation is 2. The number of aliphatic hydroxyl groups excluding tert-OH is 1. The van der Waals surface area contributed by atoms with E-state index in [1.54, 1.807) is 12.2 Å². The molecule has 0 fully saturated rings. The molecular weight excluding hydrogens is 794 g/mol. The summed E-state index contributed by atoms with van der Waals surface area (Å²) in [6, 6.07) is 0. The van der Waals surface area contributed by atoms with Crippen LogP contribution in [-0.2, 0) is 45.5 Å². The summed E-state index contributed by atoms with van der Waals surface area (Å²) in [5.74, 6) is 1.31. The Kier molecular flexibility index (Phi) is 34.4. The van der Waals surface area contributed by atoms with Crippen LogP contribution in [0.3, 0.4) is 0 Å². The third-order valence-electron chi connectivity index (χ3n) is 10.2. The lowest BCUT2D eigenvalue weighted by atomic mass is 10.0. The van der Waals surface area contributed by atoms with E-state index in [1.807, 2.05) is 12.2 Å². The van der Waals surface area contributed by atoms with Crippen molar-refractivity contribution in [2.24, 2.45) is 5.73 Å². The molecule has 348 valence electrons. The molecule has 0 aromatic carbocycles. The van der Waals surface area contributed by atoms with E-state index in [0.717, 1.165) is 64.2 Å². The van der Waals surface area contributed by atoms with Crippen molar-refractivity contribution in [2.45, 2.75) is 188 Å². The molecule has 0 amide bonds. The molecule has 11 nitrogen and oxygen atoms in total. The summed E-state index contributed by atoms with van der Waals surface area (Å²) in [6.45, 7) is 7.71. The number of allylic oxidation sites excluding steroid dienone is 9. The van der Waals surface area contributed by atoms with Crippen LogP contribution in [0, 0.1) is 13.8 Å². The highest BCUT2D eigenvalue weighted by atomic mass is 31.2. The highest BCUT2D eigenvalue weighted by molar-refractivity contribution is 7.47. The minimum Gasteiger partial charge on any atom is -0.466 e. The largest absolute Gasteiger partial charge is 0.472 e. The van der Waals surface area contributed by atoms with Crippen molar-refractivity contribution in [1.29, 1.82) is 0 Å². The quantitative estimate of drug-likeness (QED) is 0.0189. The lowest BCUT2D eigenvalue weighted by Crippen LogP contribution is -2.29. The summed E-state index contributed by atoms with van der Waals surface area (Å²) < 4.78 is 38.9. The van der Waals surface area contributed by atoms with E-state index in [1.165, 1.54) is 74.0 Å². The molecule has 1 rings (SSSR count). The molecule has 0 saturated carbocycles. The van der Waals surface area contributed by atoms with E-state index in [4.69, 9.17) is 28.7 Å². The van der Waals surface area contributed by atoms with Gasteiger partial charge in [-0.2, -0.15) is 0 Å².